The SMILES string of the molecule is CCOC(=O)NNC(=O)C1CC1c1ccccc1F. The average molecular weight is 266 g/mol. The summed E-state index contributed by atoms with van der Waals surface area (Å²) in [6, 6.07) is 6.40. The van der Waals surface area contributed by atoms with Gasteiger partial charge in [-0.05, 0) is 30.9 Å². The van der Waals surface area contributed by atoms with Crippen LogP contribution in [0.5, 0.6) is 0 Å². The van der Waals surface area contributed by atoms with Crippen molar-refractivity contribution in [3.63, 3.8) is 0 Å². The minimum Gasteiger partial charge on any atom is -0.449 e. The van der Waals surface area contributed by atoms with Crippen molar-refractivity contribution in [3.8, 4) is 0 Å². The maximum absolute atomic E-state index is 13.5. The number of carbonyl (C=O) groups is 2. The molecule has 2 atom stereocenters. The lowest BCUT2D eigenvalue weighted by molar-refractivity contribution is -0.123. The molecule has 2 rings (SSSR count). The van der Waals surface area contributed by atoms with Crippen molar-refractivity contribution in [1.82, 2.24) is 10.9 Å². The third-order valence-electron chi connectivity index (χ3n) is 3.00. The van der Waals surface area contributed by atoms with Crippen molar-refractivity contribution in [2.75, 3.05) is 6.61 Å². The van der Waals surface area contributed by atoms with Gasteiger partial charge in [0, 0.05) is 5.92 Å². The Morgan fingerprint density at radius 3 is 2.79 bits per heavy atom. The highest BCUT2D eigenvalue weighted by Crippen LogP contribution is 2.48. The molecule has 0 radical (unpaired) electrons. The number of rotatable bonds is 3. The Morgan fingerprint density at radius 2 is 2.11 bits per heavy atom. The van der Waals surface area contributed by atoms with Crippen molar-refractivity contribution < 1.29 is 18.7 Å². The molecular formula is C13H15FN2O3. The predicted octanol–water partition coefficient (Wildman–Crippen LogP) is 1.71. The molecule has 1 saturated carbocycles. The van der Waals surface area contributed by atoms with Crippen molar-refractivity contribution in [3.05, 3.63) is 35.6 Å². The summed E-state index contributed by atoms with van der Waals surface area (Å²) in [6.07, 6.45) is -0.129. The highest BCUT2D eigenvalue weighted by atomic mass is 19.1. The number of hydrazine groups is 1. The molecule has 1 aliphatic carbocycles. The van der Waals surface area contributed by atoms with Gasteiger partial charge in [0.1, 0.15) is 5.82 Å². The Hall–Kier alpha value is -2.11. The van der Waals surface area contributed by atoms with Crippen LogP contribution in [-0.4, -0.2) is 18.6 Å². The third-order valence-corrected chi connectivity index (χ3v) is 3.00. The zero-order chi connectivity index (χ0) is 13.8. The smallest absolute Gasteiger partial charge is 0.426 e. The van der Waals surface area contributed by atoms with Gasteiger partial charge in [0.25, 0.3) is 0 Å². The molecule has 2 unspecified atom stereocenters. The van der Waals surface area contributed by atoms with Gasteiger partial charge in [-0.2, -0.15) is 0 Å². The molecule has 0 bridgehead atoms. The standard InChI is InChI=1S/C13H15FN2O3/c1-2-19-13(18)16-15-12(17)10-7-9(10)8-5-3-4-6-11(8)14/h3-6,9-10H,2,7H2,1H3,(H,15,17)(H,16,18). The first-order valence-electron chi connectivity index (χ1n) is 6.10. The number of hydrogen-bond acceptors (Lipinski definition) is 3. The van der Waals surface area contributed by atoms with Crippen LogP contribution >= 0.6 is 0 Å². The van der Waals surface area contributed by atoms with Crippen LogP contribution in [0.3, 0.4) is 0 Å². The molecule has 0 saturated heterocycles. The minimum absolute atomic E-state index is 0.120. The average Bonchev–Trinajstić information content (AvgIpc) is 3.17. The molecular weight excluding hydrogens is 251 g/mol. The van der Waals surface area contributed by atoms with E-state index >= 15 is 0 Å². The van der Waals surface area contributed by atoms with Gasteiger partial charge in [-0.1, -0.05) is 18.2 Å². The number of ether oxygens (including phenoxy) is 1. The quantitative estimate of drug-likeness (QED) is 0.818. The number of amides is 2. The summed E-state index contributed by atoms with van der Waals surface area (Å²) in [4.78, 5) is 22.7. The van der Waals surface area contributed by atoms with Crippen LogP contribution in [0.25, 0.3) is 0 Å². The van der Waals surface area contributed by atoms with E-state index in [1.807, 2.05) is 0 Å². The Labute approximate surface area is 110 Å². The first-order valence-corrected chi connectivity index (χ1v) is 6.10. The van der Waals surface area contributed by atoms with Gasteiger partial charge in [0.05, 0.1) is 6.61 Å². The molecule has 5 nitrogen and oxygen atoms in total. The monoisotopic (exact) mass is 266 g/mol. The summed E-state index contributed by atoms with van der Waals surface area (Å²) in [7, 11) is 0. The van der Waals surface area contributed by atoms with E-state index in [2.05, 4.69) is 15.6 Å². The molecule has 2 amide bonds. The summed E-state index contributed by atoms with van der Waals surface area (Å²) in [5, 5.41) is 0. The fourth-order valence-corrected chi connectivity index (χ4v) is 1.98. The van der Waals surface area contributed by atoms with E-state index < -0.39 is 6.09 Å². The Bertz CT molecular complexity index is 493. The van der Waals surface area contributed by atoms with Gasteiger partial charge in [-0.25, -0.2) is 14.6 Å². The largest absolute Gasteiger partial charge is 0.449 e. The Kier molecular flexibility index (Phi) is 3.99. The summed E-state index contributed by atoms with van der Waals surface area (Å²) in [6.45, 7) is 1.89. The van der Waals surface area contributed by atoms with Crippen LogP contribution in [0, 0.1) is 11.7 Å². The van der Waals surface area contributed by atoms with Gasteiger partial charge in [-0.3, -0.25) is 10.2 Å². The topological polar surface area (TPSA) is 67.4 Å². The van der Waals surface area contributed by atoms with E-state index in [1.165, 1.54) is 6.07 Å². The maximum Gasteiger partial charge on any atom is 0.426 e. The van der Waals surface area contributed by atoms with E-state index in [9.17, 15) is 14.0 Å². The third kappa shape index (κ3) is 3.21. The second kappa shape index (κ2) is 5.69. The minimum atomic E-state index is -0.709. The number of carbonyl (C=O) groups excluding carboxylic acids is 2. The van der Waals surface area contributed by atoms with E-state index in [1.54, 1.807) is 25.1 Å². The zero-order valence-electron chi connectivity index (χ0n) is 10.5. The van der Waals surface area contributed by atoms with E-state index in [4.69, 9.17) is 0 Å². The van der Waals surface area contributed by atoms with Crippen LogP contribution in [-0.2, 0) is 9.53 Å². The van der Waals surface area contributed by atoms with Crippen molar-refractivity contribution in [1.29, 1.82) is 0 Å². The molecule has 1 aliphatic rings. The van der Waals surface area contributed by atoms with Crippen LogP contribution in [0.15, 0.2) is 24.3 Å². The lowest BCUT2D eigenvalue weighted by Gasteiger charge is -2.07. The van der Waals surface area contributed by atoms with Crippen molar-refractivity contribution in [2.45, 2.75) is 19.3 Å². The van der Waals surface area contributed by atoms with Gasteiger partial charge in [-0.15, -0.1) is 0 Å². The summed E-state index contributed by atoms with van der Waals surface area (Å²) in [5.74, 6) is -1.06. The first-order chi connectivity index (χ1) is 9.13. The van der Waals surface area contributed by atoms with Gasteiger partial charge in [0.15, 0.2) is 0 Å². The van der Waals surface area contributed by atoms with E-state index in [0.29, 0.717) is 12.0 Å². The summed E-state index contributed by atoms with van der Waals surface area (Å²) in [5.41, 5.74) is 4.94. The molecule has 0 aliphatic heterocycles. The lowest BCUT2D eigenvalue weighted by Crippen LogP contribution is -2.42. The predicted molar refractivity (Wildman–Crippen MR) is 65.5 cm³/mol. The number of nitrogens with one attached hydrogen (secondary N) is 2. The molecule has 1 aromatic rings. The Morgan fingerprint density at radius 1 is 1.37 bits per heavy atom. The van der Waals surface area contributed by atoms with Crippen LogP contribution < -0.4 is 10.9 Å². The molecule has 19 heavy (non-hydrogen) atoms. The van der Waals surface area contributed by atoms with Gasteiger partial charge < -0.3 is 4.74 Å². The molecule has 6 heteroatoms. The first kappa shape index (κ1) is 13.3. The molecule has 1 aromatic carbocycles. The molecule has 1 fully saturated rings. The second-order valence-electron chi connectivity index (χ2n) is 4.30. The Balaban J connectivity index is 1.84. The molecule has 0 aromatic heterocycles. The molecule has 2 N–H and O–H groups in total. The fourth-order valence-electron chi connectivity index (χ4n) is 1.98. The number of halogens is 1. The fraction of sp³-hybridized carbons (Fsp3) is 0.385. The molecule has 0 heterocycles. The number of hydrogen-bond donors (Lipinski definition) is 2. The normalized spacial score (nSPS) is 20.5. The molecule has 102 valence electrons. The second-order valence-corrected chi connectivity index (χ2v) is 4.30. The van der Waals surface area contributed by atoms with Gasteiger partial charge >= 0.3 is 6.09 Å². The zero-order valence-corrected chi connectivity index (χ0v) is 10.5. The van der Waals surface area contributed by atoms with E-state index in [-0.39, 0.29) is 30.2 Å². The van der Waals surface area contributed by atoms with E-state index in [0.717, 1.165) is 0 Å². The highest BCUT2D eigenvalue weighted by Gasteiger charge is 2.45. The van der Waals surface area contributed by atoms with Crippen LogP contribution in [0.1, 0.15) is 24.8 Å². The lowest BCUT2D eigenvalue weighted by atomic mass is 10.1. The van der Waals surface area contributed by atoms with Crippen molar-refractivity contribution >= 4 is 12.0 Å². The summed E-state index contributed by atoms with van der Waals surface area (Å²) < 4.78 is 18.1. The maximum atomic E-state index is 13.5. The summed E-state index contributed by atoms with van der Waals surface area (Å²) >= 11 is 0. The van der Waals surface area contributed by atoms with Crippen molar-refractivity contribution in [2.24, 2.45) is 5.92 Å². The van der Waals surface area contributed by atoms with Gasteiger partial charge in [0.2, 0.25) is 5.91 Å². The van der Waals surface area contributed by atoms with Crippen LogP contribution in [0.2, 0.25) is 0 Å². The van der Waals surface area contributed by atoms with Crippen LogP contribution in [0.4, 0.5) is 9.18 Å². The highest BCUT2D eigenvalue weighted by molar-refractivity contribution is 5.84. The molecule has 0 spiro atoms. The number of benzene rings is 1.